The largest absolute Gasteiger partial charge is 0.416 e. The van der Waals surface area contributed by atoms with E-state index in [0.29, 0.717) is 32.2 Å². The lowest BCUT2D eigenvalue weighted by atomic mass is 9.78. The Morgan fingerprint density at radius 2 is 1.79 bits per heavy atom. The smallest absolute Gasteiger partial charge is 0.396 e. The van der Waals surface area contributed by atoms with Crippen molar-refractivity contribution in [3.8, 4) is 0 Å². The highest BCUT2D eigenvalue weighted by Gasteiger charge is 2.42. The normalized spacial score (nSPS) is 18.1. The van der Waals surface area contributed by atoms with Crippen molar-refractivity contribution in [3.63, 3.8) is 0 Å². The molecule has 1 aromatic rings. The number of halogens is 5. The van der Waals surface area contributed by atoms with Crippen LogP contribution in [-0.2, 0) is 6.18 Å². The van der Waals surface area contributed by atoms with Gasteiger partial charge in [0, 0.05) is 44.2 Å². The summed E-state index contributed by atoms with van der Waals surface area (Å²) in [4.78, 5) is 1.93. The van der Waals surface area contributed by atoms with Crippen molar-refractivity contribution in [1.29, 1.82) is 0 Å². The van der Waals surface area contributed by atoms with Crippen molar-refractivity contribution in [2.75, 3.05) is 32.8 Å². The molecule has 3 nitrogen and oxygen atoms in total. The van der Waals surface area contributed by atoms with Gasteiger partial charge >= 0.3 is 6.18 Å². The molecule has 1 aliphatic rings. The Morgan fingerprint density at radius 1 is 1.21 bits per heavy atom. The number of hydrogen-bond donors (Lipinski definition) is 2. The average molecular weight is 371 g/mol. The molecule has 138 valence electrons. The minimum Gasteiger partial charge on any atom is -0.396 e. The fraction of sp³-hybridized carbons (Fsp3) is 0.625. The number of nitrogens with one attached hydrogen (secondary N) is 1. The maximum absolute atomic E-state index is 13.4. The lowest BCUT2D eigenvalue weighted by molar-refractivity contribution is -0.139. The summed E-state index contributed by atoms with van der Waals surface area (Å²) in [6.45, 7) is 5.66. The van der Waals surface area contributed by atoms with Crippen LogP contribution in [-0.4, -0.2) is 42.8 Å². The van der Waals surface area contributed by atoms with Crippen LogP contribution in [0.1, 0.15) is 31.0 Å². The summed E-state index contributed by atoms with van der Waals surface area (Å²) in [5, 5.41) is 12.9. The SMILES string of the molecule is CC(C)(CO)[C@@H](c1ccc(F)cc1C(F)(F)F)N1CCNCC1.Cl. The van der Waals surface area contributed by atoms with Gasteiger partial charge in [0.05, 0.1) is 5.56 Å². The summed E-state index contributed by atoms with van der Waals surface area (Å²) in [7, 11) is 0. The molecule has 0 amide bonds. The Balaban J connectivity index is 0.00000288. The van der Waals surface area contributed by atoms with Crippen LogP contribution < -0.4 is 5.32 Å². The van der Waals surface area contributed by atoms with Crippen molar-refractivity contribution in [1.82, 2.24) is 10.2 Å². The van der Waals surface area contributed by atoms with Gasteiger partial charge in [-0.3, -0.25) is 4.90 Å². The van der Waals surface area contributed by atoms with Gasteiger partial charge < -0.3 is 10.4 Å². The van der Waals surface area contributed by atoms with Crippen LogP contribution >= 0.6 is 12.4 Å². The van der Waals surface area contributed by atoms with Gasteiger partial charge in [0.25, 0.3) is 0 Å². The van der Waals surface area contributed by atoms with Gasteiger partial charge in [-0.15, -0.1) is 12.4 Å². The number of piperazine rings is 1. The summed E-state index contributed by atoms with van der Waals surface area (Å²) in [6, 6.07) is 2.14. The molecular formula is C16H23ClF4N2O. The number of aliphatic hydroxyl groups excluding tert-OH is 1. The van der Waals surface area contributed by atoms with Gasteiger partial charge in [0.1, 0.15) is 5.82 Å². The third kappa shape index (κ3) is 4.59. The molecule has 2 rings (SSSR count). The topological polar surface area (TPSA) is 35.5 Å². The Labute approximate surface area is 145 Å². The maximum atomic E-state index is 13.4. The minimum atomic E-state index is -4.64. The summed E-state index contributed by atoms with van der Waals surface area (Å²) in [5.74, 6) is -0.915. The number of alkyl halides is 3. The van der Waals surface area contributed by atoms with Crippen LogP contribution in [0, 0.1) is 11.2 Å². The molecule has 1 saturated heterocycles. The van der Waals surface area contributed by atoms with Crippen molar-refractivity contribution in [3.05, 3.63) is 35.1 Å². The highest BCUT2D eigenvalue weighted by atomic mass is 35.5. The van der Waals surface area contributed by atoms with E-state index in [1.54, 1.807) is 13.8 Å². The number of rotatable bonds is 4. The van der Waals surface area contributed by atoms with Crippen molar-refractivity contribution in [2.45, 2.75) is 26.1 Å². The third-order valence-electron chi connectivity index (χ3n) is 4.28. The van der Waals surface area contributed by atoms with Gasteiger partial charge in [-0.05, 0) is 17.7 Å². The predicted molar refractivity (Wildman–Crippen MR) is 86.7 cm³/mol. The second-order valence-electron chi connectivity index (χ2n) is 6.56. The lowest BCUT2D eigenvalue weighted by Crippen LogP contribution is -2.50. The van der Waals surface area contributed by atoms with Gasteiger partial charge in [0.15, 0.2) is 0 Å². The fourth-order valence-electron chi connectivity index (χ4n) is 3.15. The van der Waals surface area contributed by atoms with Crippen LogP contribution in [0.2, 0.25) is 0 Å². The van der Waals surface area contributed by atoms with Gasteiger partial charge in [-0.25, -0.2) is 4.39 Å². The monoisotopic (exact) mass is 370 g/mol. The van der Waals surface area contributed by atoms with E-state index < -0.39 is 29.0 Å². The van der Waals surface area contributed by atoms with Crippen LogP contribution in [0.5, 0.6) is 0 Å². The zero-order valence-electron chi connectivity index (χ0n) is 13.7. The molecule has 0 spiro atoms. The molecule has 0 unspecified atom stereocenters. The highest BCUT2D eigenvalue weighted by Crippen LogP contribution is 2.44. The van der Waals surface area contributed by atoms with E-state index >= 15 is 0 Å². The Hall–Kier alpha value is -0.890. The van der Waals surface area contributed by atoms with Crippen LogP contribution in [0.3, 0.4) is 0 Å². The first kappa shape index (κ1) is 21.2. The highest BCUT2D eigenvalue weighted by molar-refractivity contribution is 5.85. The van der Waals surface area contributed by atoms with Crippen LogP contribution in [0.15, 0.2) is 18.2 Å². The summed E-state index contributed by atoms with van der Waals surface area (Å²) < 4.78 is 53.6. The summed E-state index contributed by atoms with van der Waals surface area (Å²) in [6.07, 6.45) is -4.64. The number of hydrogen-bond acceptors (Lipinski definition) is 3. The molecule has 0 aliphatic carbocycles. The standard InChI is InChI=1S/C16H22F4N2O.ClH/c1-15(2,10-23)14(22-7-5-21-6-8-22)12-4-3-11(17)9-13(12)16(18,19)20;/h3-4,9,14,21,23H,5-8,10H2,1-2H3;1H/t14-;/m1./s1. The quantitative estimate of drug-likeness (QED) is 0.799. The summed E-state index contributed by atoms with van der Waals surface area (Å²) >= 11 is 0. The molecule has 1 aromatic carbocycles. The van der Waals surface area contributed by atoms with Crippen LogP contribution in [0.4, 0.5) is 17.6 Å². The van der Waals surface area contributed by atoms with E-state index in [4.69, 9.17) is 0 Å². The molecule has 0 bridgehead atoms. The second-order valence-corrected chi connectivity index (χ2v) is 6.56. The molecule has 24 heavy (non-hydrogen) atoms. The Bertz CT molecular complexity index is 545. The number of benzene rings is 1. The molecule has 1 heterocycles. The van der Waals surface area contributed by atoms with Gasteiger partial charge in [-0.2, -0.15) is 13.2 Å². The van der Waals surface area contributed by atoms with E-state index in [2.05, 4.69) is 5.32 Å². The fourth-order valence-corrected chi connectivity index (χ4v) is 3.15. The Kier molecular flexibility index (Phi) is 7.04. The molecular weight excluding hydrogens is 348 g/mol. The predicted octanol–water partition coefficient (Wildman–Crippen LogP) is 3.23. The first-order valence-corrected chi connectivity index (χ1v) is 7.59. The molecule has 2 N–H and O–H groups in total. The zero-order valence-corrected chi connectivity index (χ0v) is 14.5. The first-order valence-electron chi connectivity index (χ1n) is 7.59. The molecule has 1 atom stereocenters. The van der Waals surface area contributed by atoms with E-state index in [-0.39, 0.29) is 24.6 Å². The lowest BCUT2D eigenvalue weighted by Gasteiger charge is -2.44. The average Bonchev–Trinajstić information content (AvgIpc) is 2.49. The van der Waals surface area contributed by atoms with Gasteiger partial charge in [0.2, 0.25) is 0 Å². The van der Waals surface area contributed by atoms with Crippen molar-refractivity contribution >= 4 is 12.4 Å². The molecule has 1 fully saturated rings. The van der Waals surface area contributed by atoms with Gasteiger partial charge in [-0.1, -0.05) is 19.9 Å². The first-order chi connectivity index (χ1) is 10.7. The van der Waals surface area contributed by atoms with E-state index in [1.165, 1.54) is 6.07 Å². The summed E-state index contributed by atoms with van der Waals surface area (Å²) in [5.41, 5.74) is -1.75. The molecule has 8 heteroatoms. The van der Waals surface area contributed by atoms with Crippen LogP contribution in [0.25, 0.3) is 0 Å². The number of nitrogens with zero attached hydrogens (tertiary/aromatic N) is 1. The molecule has 0 radical (unpaired) electrons. The molecule has 1 aliphatic heterocycles. The van der Waals surface area contributed by atoms with E-state index in [1.807, 2.05) is 4.90 Å². The van der Waals surface area contributed by atoms with E-state index in [9.17, 15) is 22.7 Å². The van der Waals surface area contributed by atoms with Crippen molar-refractivity contribution in [2.24, 2.45) is 5.41 Å². The van der Waals surface area contributed by atoms with Crippen molar-refractivity contribution < 1.29 is 22.7 Å². The van der Waals surface area contributed by atoms with E-state index in [0.717, 1.165) is 6.07 Å². The molecule has 0 saturated carbocycles. The zero-order chi connectivity index (χ0) is 17.3. The Morgan fingerprint density at radius 3 is 2.29 bits per heavy atom. The maximum Gasteiger partial charge on any atom is 0.416 e. The minimum absolute atomic E-state index is 0. The second kappa shape index (κ2) is 7.99. The number of aliphatic hydroxyl groups is 1. The molecule has 0 aromatic heterocycles. The third-order valence-corrected chi connectivity index (χ3v) is 4.28.